The van der Waals surface area contributed by atoms with Gasteiger partial charge in [0.2, 0.25) is 0 Å². The quantitative estimate of drug-likeness (QED) is 0.216. The highest BCUT2D eigenvalue weighted by molar-refractivity contribution is 6.28. The van der Waals surface area contributed by atoms with E-state index in [0.29, 0.717) is 6.04 Å². The molecule has 0 bridgehead atoms. The van der Waals surface area contributed by atoms with Crippen LogP contribution in [0.15, 0.2) is 116 Å². The van der Waals surface area contributed by atoms with Crippen LogP contribution in [-0.4, -0.2) is 9.55 Å². The lowest BCUT2D eigenvalue weighted by Gasteiger charge is -2.35. The number of nitrogens with zero attached hydrogens (tertiary/aromatic N) is 3. The Labute approximate surface area is 246 Å². The number of para-hydroxylation sites is 1. The van der Waals surface area contributed by atoms with Crippen LogP contribution in [0.1, 0.15) is 43.9 Å². The third kappa shape index (κ3) is 3.50. The molecule has 0 saturated heterocycles. The monoisotopic (exact) mass is 543 g/mol. The first-order chi connectivity index (χ1) is 20.9. The van der Waals surface area contributed by atoms with Gasteiger partial charge in [0.25, 0.3) is 0 Å². The van der Waals surface area contributed by atoms with Gasteiger partial charge in [-0.3, -0.25) is 4.98 Å². The third-order valence-electron chi connectivity index (χ3n) is 8.95. The minimum absolute atomic E-state index is 0.292. The van der Waals surface area contributed by atoms with Crippen molar-refractivity contribution in [2.24, 2.45) is 0 Å². The number of anilines is 3. The Balaban J connectivity index is 0.00000131. The molecule has 1 aliphatic heterocycles. The smallest absolute Gasteiger partial charge is 0.0724 e. The van der Waals surface area contributed by atoms with Crippen molar-refractivity contribution in [1.82, 2.24) is 9.55 Å². The Bertz CT molecular complexity index is 2110. The van der Waals surface area contributed by atoms with Gasteiger partial charge in [0.15, 0.2) is 0 Å². The van der Waals surface area contributed by atoms with E-state index >= 15 is 0 Å². The fourth-order valence-electron chi connectivity index (χ4n) is 7.29. The second kappa shape index (κ2) is 9.88. The number of aromatic nitrogens is 2. The summed E-state index contributed by atoms with van der Waals surface area (Å²) in [5.74, 6) is 0. The average molecular weight is 544 g/mol. The van der Waals surface area contributed by atoms with Crippen LogP contribution in [-0.2, 0) is 6.42 Å². The normalized spacial score (nSPS) is 16.4. The summed E-state index contributed by atoms with van der Waals surface area (Å²) in [7, 11) is 0. The zero-order chi connectivity index (χ0) is 28.2. The molecule has 2 aromatic heterocycles. The van der Waals surface area contributed by atoms with Crippen molar-refractivity contribution >= 4 is 55.7 Å². The molecule has 2 aliphatic carbocycles. The van der Waals surface area contributed by atoms with Gasteiger partial charge in [0, 0.05) is 39.0 Å². The summed E-state index contributed by atoms with van der Waals surface area (Å²) in [4.78, 5) is 7.08. The fraction of sp³-hybridized carbons (Fsp3) is 0.154. The van der Waals surface area contributed by atoms with E-state index in [-0.39, 0.29) is 0 Å². The Hall–Kier alpha value is -4.89. The van der Waals surface area contributed by atoms with Crippen LogP contribution in [0.2, 0.25) is 0 Å². The minimum atomic E-state index is 0.292. The van der Waals surface area contributed by atoms with E-state index in [4.69, 9.17) is 0 Å². The van der Waals surface area contributed by atoms with Gasteiger partial charge in [-0.05, 0) is 66.1 Å². The standard InChI is InChI=1S/C37H27N3.C2H6/c1-2-12-25(13-3-1)39-32-17-7-6-15-28(32)36-29-16-9-19-33-37(29)30(22-34(36)39)27-20-21-38-23-35(27)40(33)31-18-8-11-24-10-4-5-14-26(24)31;1-2/h1-3,5-9,11-12,14-23,25H,4,10,13H2;1-2H3. The zero-order valence-corrected chi connectivity index (χ0v) is 24.1. The van der Waals surface area contributed by atoms with Crippen molar-refractivity contribution in [3.05, 3.63) is 127 Å². The summed E-state index contributed by atoms with van der Waals surface area (Å²) in [6.45, 7) is 4.00. The summed E-state index contributed by atoms with van der Waals surface area (Å²) in [6, 6.07) is 27.4. The number of rotatable bonds is 2. The lowest BCUT2D eigenvalue weighted by atomic mass is 9.88. The van der Waals surface area contributed by atoms with Gasteiger partial charge >= 0.3 is 0 Å². The molecular weight excluding hydrogens is 510 g/mol. The Morgan fingerprint density at radius 1 is 0.738 bits per heavy atom. The van der Waals surface area contributed by atoms with Crippen molar-refractivity contribution in [3.63, 3.8) is 0 Å². The largest absolute Gasteiger partial charge is 0.333 e. The molecule has 0 amide bonds. The maximum absolute atomic E-state index is 4.63. The molecule has 204 valence electrons. The van der Waals surface area contributed by atoms with E-state index in [1.807, 2.05) is 26.2 Å². The van der Waals surface area contributed by atoms with Crippen molar-refractivity contribution in [1.29, 1.82) is 0 Å². The molecule has 0 fully saturated rings. The molecule has 3 heterocycles. The number of pyridine rings is 1. The Morgan fingerprint density at radius 2 is 1.60 bits per heavy atom. The second-order valence-electron chi connectivity index (χ2n) is 11.0. The topological polar surface area (TPSA) is 21.1 Å². The maximum atomic E-state index is 4.63. The summed E-state index contributed by atoms with van der Waals surface area (Å²) in [6.07, 6.45) is 20.7. The van der Waals surface area contributed by atoms with Gasteiger partial charge in [0.1, 0.15) is 0 Å². The third-order valence-corrected chi connectivity index (χ3v) is 8.95. The highest BCUT2D eigenvalue weighted by atomic mass is 15.2. The molecule has 3 aliphatic rings. The van der Waals surface area contributed by atoms with E-state index in [2.05, 4.69) is 124 Å². The predicted octanol–water partition coefficient (Wildman–Crippen LogP) is 10.8. The summed E-state index contributed by atoms with van der Waals surface area (Å²) >= 11 is 0. The number of hydrogen-bond donors (Lipinski definition) is 0. The molecular formula is C39H33N3. The molecule has 3 heteroatoms. The van der Waals surface area contributed by atoms with Gasteiger partial charge in [-0.2, -0.15) is 0 Å². The SMILES string of the molecule is C1=CCC(n2c3ccccc3c3c4cccc5c4c(cc32)-c2ccncc2N5c2cccc3c2C=CCC3)C=C1.CC. The van der Waals surface area contributed by atoms with Crippen LogP contribution in [0.4, 0.5) is 17.1 Å². The van der Waals surface area contributed by atoms with Crippen molar-refractivity contribution in [2.75, 3.05) is 4.90 Å². The van der Waals surface area contributed by atoms with E-state index in [9.17, 15) is 0 Å². The minimum Gasteiger partial charge on any atom is -0.333 e. The lowest BCUT2D eigenvalue weighted by Crippen LogP contribution is -2.17. The van der Waals surface area contributed by atoms with E-state index in [0.717, 1.165) is 24.9 Å². The number of benzene rings is 4. The van der Waals surface area contributed by atoms with Crippen LogP contribution in [0.5, 0.6) is 0 Å². The van der Waals surface area contributed by atoms with Crippen molar-refractivity contribution in [3.8, 4) is 11.1 Å². The Kier molecular flexibility index (Phi) is 5.85. The van der Waals surface area contributed by atoms with Gasteiger partial charge < -0.3 is 9.47 Å². The predicted molar refractivity (Wildman–Crippen MR) is 179 cm³/mol. The average Bonchev–Trinajstić information content (AvgIpc) is 3.41. The number of hydrogen-bond acceptors (Lipinski definition) is 2. The van der Waals surface area contributed by atoms with Crippen LogP contribution in [0.25, 0.3) is 49.8 Å². The molecule has 9 rings (SSSR count). The number of fused-ring (bicyclic) bond motifs is 7. The first-order valence-electron chi connectivity index (χ1n) is 15.2. The first kappa shape index (κ1) is 24.9. The fourth-order valence-corrected chi connectivity index (χ4v) is 7.29. The summed E-state index contributed by atoms with van der Waals surface area (Å²) in [5.41, 5.74) is 11.4. The van der Waals surface area contributed by atoms with Gasteiger partial charge in [0.05, 0.1) is 34.8 Å². The molecule has 3 nitrogen and oxygen atoms in total. The highest BCUT2D eigenvalue weighted by Gasteiger charge is 2.30. The van der Waals surface area contributed by atoms with E-state index in [1.54, 1.807) is 0 Å². The molecule has 0 radical (unpaired) electrons. The van der Waals surface area contributed by atoms with Crippen LogP contribution < -0.4 is 4.90 Å². The van der Waals surface area contributed by atoms with Gasteiger partial charge in [-0.1, -0.05) is 92.8 Å². The van der Waals surface area contributed by atoms with Crippen LogP contribution in [0, 0.1) is 0 Å². The molecule has 1 atom stereocenters. The molecule has 1 unspecified atom stereocenters. The van der Waals surface area contributed by atoms with Crippen molar-refractivity contribution < 1.29 is 0 Å². The maximum Gasteiger partial charge on any atom is 0.0724 e. The molecule has 0 saturated carbocycles. The summed E-state index contributed by atoms with van der Waals surface area (Å²) in [5, 5.41) is 5.28. The molecule has 0 spiro atoms. The van der Waals surface area contributed by atoms with Crippen molar-refractivity contribution in [2.45, 2.75) is 39.2 Å². The van der Waals surface area contributed by atoms with Crippen LogP contribution >= 0.6 is 0 Å². The molecule has 42 heavy (non-hydrogen) atoms. The molecule has 4 aromatic carbocycles. The van der Waals surface area contributed by atoms with Crippen LogP contribution in [0.3, 0.4) is 0 Å². The molecule has 0 N–H and O–H groups in total. The zero-order valence-electron chi connectivity index (χ0n) is 24.1. The van der Waals surface area contributed by atoms with Gasteiger partial charge in [-0.15, -0.1) is 0 Å². The first-order valence-corrected chi connectivity index (χ1v) is 15.2. The number of aryl methyl sites for hydroxylation is 1. The van der Waals surface area contributed by atoms with E-state index < -0.39 is 0 Å². The molecule has 6 aromatic rings. The Morgan fingerprint density at radius 3 is 2.50 bits per heavy atom. The van der Waals surface area contributed by atoms with Gasteiger partial charge in [-0.25, -0.2) is 0 Å². The lowest BCUT2D eigenvalue weighted by molar-refractivity contribution is 0.648. The summed E-state index contributed by atoms with van der Waals surface area (Å²) < 4.78 is 2.55. The highest BCUT2D eigenvalue weighted by Crippen LogP contribution is 2.54. The number of allylic oxidation sites excluding steroid dienone is 5. The second-order valence-corrected chi connectivity index (χ2v) is 11.0. The van der Waals surface area contributed by atoms with E-state index in [1.165, 1.54) is 66.2 Å².